The summed E-state index contributed by atoms with van der Waals surface area (Å²) in [5.41, 5.74) is 0.242. The Hall–Kier alpha value is -0.610. The van der Waals surface area contributed by atoms with E-state index >= 15 is 0 Å². The Kier molecular flexibility index (Phi) is 3.69. The van der Waals surface area contributed by atoms with Gasteiger partial charge in [0, 0.05) is 5.56 Å². The average Bonchev–Trinajstić information content (AvgIpc) is 2.12. The number of hydrogen-bond acceptors (Lipinski definition) is 2. The normalized spacial score (nSPS) is 10.2. The molecular formula is C9H10BrFO2. The molecule has 0 aliphatic carbocycles. The third kappa shape index (κ3) is 2.19. The lowest BCUT2D eigenvalue weighted by Gasteiger charge is -2.09. The zero-order valence-electron chi connectivity index (χ0n) is 7.18. The van der Waals surface area contributed by atoms with Gasteiger partial charge in [0.05, 0.1) is 17.7 Å². The van der Waals surface area contributed by atoms with E-state index in [1.54, 1.807) is 13.0 Å². The SMILES string of the molecule is CCOc1c(Br)ccc(CO)c1F. The molecule has 1 rings (SSSR count). The lowest BCUT2D eigenvalue weighted by Crippen LogP contribution is -1.99. The van der Waals surface area contributed by atoms with E-state index in [0.29, 0.717) is 11.1 Å². The van der Waals surface area contributed by atoms with Gasteiger partial charge in [0.25, 0.3) is 0 Å². The monoisotopic (exact) mass is 248 g/mol. The molecule has 0 atom stereocenters. The van der Waals surface area contributed by atoms with Crippen molar-refractivity contribution >= 4 is 15.9 Å². The van der Waals surface area contributed by atoms with Crippen LogP contribution in [0.5, 0.6) is 5.75 Å². The molecule has 1 aromatic rings. The first kappa shape index (κ1) is 10.5. The number of aliphatic hydroxyl groups is 1. The third-order valence-electron chi connectivity index (χ3n) is 1.59. The molecule has 0 aliphatic heterocycles. The van der Waals surface area contributed by atoms with Crippen LogP contribution in [-0.4, -0.2) is 11.7 Å². The van der Waals surface area contributed by atoms with Crippen LogP contribution in [0, 0.1) is 5.82 Å². The molecule has 0 fully saturated rings. The van der Waals surface area contributed by atoms with Crippen molar-refractivity contribution in [1.82, 2.24) is 0 Å². The van der Waals surface area contributed by atoms with E-state index in [2.05, 4.69) is 15.9 Å². The van der Waals surface area contributed by atoms with Gasteiger partial charge in [-0.2, -0.15) is 0 Å². The molecule has 0 unspecified atom stereocenters. The first-order valence-corrected chi connectivity index (χ1v) is 4.70. The largest absolute Gasteiger partial charge is 0.490 e. The standard InChI is InChI=1S/C9H10BrFO2/c1-2-13-9-7(10)4-3-6(5-12)8(9)11/h3-4,12H,2,5H2,1H3. The minimum atomic E-state index is -0.501. The molecule has 0 aliphatic rings. The van der Waals surface area contributed by atoms with E-state index in [9.17, 15) is 4.39 Å². The third-order valence-corrected chi connectivity index (χ3v) is 2.21. The quantitative estimate of drug-likeness (QED) is 0.891. The Labute approximate surface area is 84.5 Å². The van der Waals surface area contributed by atoms with Gasteiger partial charge in [0.2, 0.25) is 0 Å². The molecule has 4 heteroatoms. The van der Waals surface area contributed by atoms with Crippen molar-refractivity contribution < 1.29 is 14.2 Å². The molecule has 1 aromatic carbocycles. The number of benzene rings is 1. The lowest BCUT2D eigenvalue weighted by atomic mass is 10.2. The van der Waals surface area contributed by atoms with Gasteiger partial charge in [-0.3, -0.25) is 0 Å². The summed E-state index contributed by atoms with van der Waals surface area (Å²) in [5, 5.41) is 8.79. The Morgan fingerprint density at radius 3 is 2.77 bits per heavy atom. The van der Waals surface area contributed by atoms with Gasteiger partial charge in [-0.1, -0.05) is 6.07 Å². The topological polar surface area (TPSA) is 29.5 Å². The predicted molar refractivity (Wildman–Crippen MR) is 51.2 cm³/mol. The Balaban J connectivity index is 3.13. The smallest absolute Gasteiger partial charge is 0.171 e. The molecule has 0 spiro atoms. The second kappa shape index (κ2) is 4.58. The lowest BCUT2D eigenvalue weighted by molar-refractivity contribution is 0.268. The van der Waals surface area contributed by atoms with Crippen molar-refractivity contribution in [3.63, 3.8) is 0 Å². The summed E-state index contributed by atoms with van der Waals surface area (Å²) in [6.45, 7) is 1.85. The zero-order chi connectivity index (χ0) is 9.84. The summed E-state index contributed by atoms with van der Waals surface area (Å²) in [6.07, 6.45) is 0. The summed E-state index contributed by atoms with van der Waals surface area (Å²) in [5.74, 6) is -0.340. The summed E-state index contributed by atoms with van der Waals surface area (Å²) in [7, 11) is 0. The highest BCUT2D eigenvalue weighted by atomic mass is 79.9. The van der Waals surface area contributed by atoms with Crippen LogP contribution in [-0.2, 0) is 6.61 Å². The van der Waals surface area contributed by atoms with E-state index in [0.717, 1.165) is 0 Å². The summed E-state index contributed by atoms with van der Waals surface area (Å²) >= 11 is 3.16. The summed E-state index contributed by atoms with van der Waals surface area (Å²) in [6, 6.07) is 3.17. The Morgan fingerprint density at radius 1 is 1.54 bits per heavy atom. The van der Waals surface area contributed by atoms with Gasteiger partial charge < -0.3 is 9.84 Å². The number of hydrogen-bond donors (Lipinski definition) is 1. The van der Waals surface area contributed by atoms with Gasteiger partial charge in [-0.05, 0) is 28.9 Å². The molecule has 2 nitrogen and oxygen atoms in total. The van der Waals surface area contributed by atoms with Crippen LogP contribution in [0.1, 0.15) is 12.5 Å². The second-order valence-corrected chi connectivity index (χ2v) is 3.30. The van der Waals surface area contributed by atoms with E-state index in [4.69, 9.17) is 9.84 Å². The molecular weight excluding hydrogens is 239 g/mol. The Morgan fingerprint density at radius 2 is 2.23 bits per heavy atom. The maximum absolute atomic E-state index is 13.4. The van der Waals surface area contributed by atoms with Gasteiger partial charge >= 0.3 is 0 Å². The fourth-order valence-electron chi connectivity index (χ4n) is 0.972. The van der Waals surface area contributed by atoms with Gasteiger partial charge in [0.15, 0.2) is 11.6 Å². The van der Waals surface area contributed by atoms with Crippen molar-refractivity contribution in [3.8, 4) is 5.75 Å². The van der Waals surface area contributed by atoms with E-state index in [1.165, 1.54) is 6.07 Å². The number of ether oxygens (including phenoxy) is 1. The molecule has 0 amide bonds. The second-order valence-electron chi connectivity index (χ2n) is 2.44. The van der Waals surface area contributed by atoms with Crippen molar-refractivity contribution in [2.45, 2.75) is 13.5 Å². The molecule has 0 bridgehead atoms. The highest BCUT2D eigenvalue weighted by Gasteiger charge is 2.11. The molecule has 72 valence electrons. The van der Waals surface area contributed by atoms with Crippen molar-refractivity contribution in [3.05, 3.63) is 28.0 Å². The highest BCUT2D eigenvalue weighted by molar-refractivity contribution is 9.10. The van der Waals surface area contributed by atoms with Crippen molar-refractivity contribution in [2.75, 3.05) is 6.61 Å². The van der Waals surface area contributed by atoms with Crippen LogP contribution < -0.4 is 4.74 Å². The fraction of sp³-hybridized carbons (Fsp3) is 0.333. The van der Waals surface area contributed by atoms with Crippen LogP contribution in [0.15, 0.2) is 16.6 Å². The van der Waals surface area contributed by atoms with E-state index in [-0.39, 0.29) is 17.9 Å². The van der Waals surface area contributed by atoms with Crippen LogP contribution in [0.2, 0.25) is 0 Å². The predicted octanol–water partition coefficient (Wildman–Crippen LogP) is 2.48. The van der Waals surface area contributed by atoms with Crippen molar-refractivity contribution in [1.29, 1.82) is 0 Å². The maximum Gasteiger partial charge on any atom is 0.171 e. The molecule has 13 heavy (non-hydrogen) atoms. The van der Waals surface area contributed by atoms with Crippen LogP contribution >= 0.6 is 15.9 Å². The first-order valence-electron chi connectivity index (χ1n) is 3.91. The molecule has 0 radical (unpaired) electrons. The molecule has 1 N–H and O–H groups in total. The molecule has 0 aromatic heterocycles. The molecule has 0 saturated carbocycles. The minimum Gasteiger partial charge on any atom is -0.490 e. The zero-order valence-corrected chi connectivity index (χ0v) is 8.77. The number of rotatable bonds is 3. The van der Waals surface area contributed by atoms with Gasteiger partial charge in [-0.25, -0.2) is 4.39 Å². The average molecular weight is 249 g/mol. The summed E-state index contributed by atoms with van der Waals surface area (Å²) < 4.78 is 19.0. The molecule has 0 heterocycles. The van der Waals surface area contributed by atoms with Crippen LogP contribution in [0.25, 0.3) is 0 Å². The fourth-order valence-corrected chi connectivity index (χ4v) is 1.39. The van der Waals surface area contributed by atoms with Crippen molar-refractivity contribution in [2.24, 2.45) is 0 Å². The van der Waals surface area contributed by atoms with Crippen LogP contribution in [0.3, 0.4) is 0 Å². The van der Waals surface area contributed by atoms with Gasteiger partial charge in [-0.15, -0.1) is 0 Å². The Bertz CT molecular complexity index is 302. The van der Waals surface area contributed by atoms with Gasteiger partial charge in [0.1, 0.15) is 0 Å². The number of halogens is 2. The highest BCUT2D eigenvalue weighted by Crippen LogP contribution is 2.30. The first-order chi connectivity index (χ1) is 6.20. The van der Waals surface area contributed by atoms with Crippen LogP contribution in [0.4, 0.5) is 4.39 Å². The maximum atomic E-state index is 13.4. The number of aliphatic hydroxyl groups excluding tert-OH is 1. The van der Waals surface area contributed by atoms with E-state index in [1.807, 2.05) is 0 Å². The molecule has 0 saturated heterocycles. The summed E-state index contributed by atoms with van der Waals surface area (Å²) in [4.78, 5) is 0. The van der Waals surface area contributed by atoms with E-state index < -0.39 is 5.82 Å². The minimum absolute atomic E-state index is 0.161.